The highest BCUT2D eigenvalue weighted by Crippen LogP contribution is 2.37. The van der Waals surface area contributed by atoms with Gasteiger partial charge in [-0.1, -0.05) is 105 Å². The van der Waals surface area contributed by atoms with E-state index in [1.165, 1.54) is 11.1 Å². The van der Waals surface area contributed by atoms with Crippen molar-refractivity contribution >= 4 is 29.3 Å². The molecule has 0 atom stereocenters. The lowest BCUT2D eigenvalue weighted by Crippen LogP contribution is -2.31. The number of nitrogens with one attached hydrogen (secondary N) is 1. The zero-order chi connectivity index (χ0) is 36.7. The lowest BCUT2D eigenvalue weighted by Gasteiger charge is -2.19. The number of carbonyl (C=O) groups is 3. The van der Waals surface area contributed by atoms with Gasteiger partial charge in [-0.15, -0.1) is 0 Å². The summed E-state index contributed by atoms with van der Waals surface area (Å²) in [7, 11) is 2.81. The molecule has 0 radical (unpaired) electrons. The average molecular weight is 656 g/mol. The van der Waals surface area contributed by atoms with Crippen molar-refractivity contribution in [3.05, 3.63) is 99.6 Å². The lowest BCUT2D eigenvalue weighted by molar-refractivity contribution is -0.139. The van der Waals surface area contributed by atoms with Crippen LogP contribution >= 0.6 is 0 Å². The van der Waals surface area contributed by atoms with E-state index in [9.17, 15) is 23.2 Å². The molecule has 0 aliphatic rings. The predicted molar refractivity (Wildman–Crippen MR) is 191 cm³/mol. The first kappa shape index (κ1) is 44.8. The van der Waals surface area contributed by atoms with Crippen molar-refractivity contribution < 1.29 is 32.6 Å². The molecule has 0 aliphatic carbocycles. The summed E-state index contributed by atoms with van der Waals surface area (Å²) in [6.45, 7) is 22.1. The SMILES string of the molecule is CC.CC.CC.CCc1c(C)ccc(/C(C=O)=C(\C)c2ccccc2C(C)C)c1OC.COC(=O)CNC(=O)c1c(F)cccc1F. The van der Waals surface area contributed by atoms with E-state index < -0.39 is 35.6 Å². The van der Waals surface area contributed by atoms with Gasteiger partial charge in [-0.05, 0) is 66.1 Å². The molecule has 0 bridgehead atoms. The number of allylic oxidation sites excluding steroid dienone is 2. The molecule has 0 spiro atoms. The van der Waals surface area contributed by atoms with Crippen molar-refractivity contribution in [3.63, 3.8) is 0 Å². The third-order valence-corrected chi connectivity index (χ3v) is 6.66. The van der Waals surface area contributed by atoms with Crippen LogP contribution in [0.3, 0.4) is 0 Å². The quantitative estimate of drug-likeness (QED) is 0.107. The van der Waals surface area contributed by atoms with Crippen LogP contribution in [0.2, 0.25) is 0 Å². The first-order valence-electron chi connectivity index (χ1n) is 16.2. The van der Waals surface area contributed by atoms with Gasteiger partial charge in [0.15, 0.2) is 6.29 Å². The van der Waals surface area contributed by atoms with Crippen molar-refractivity contribution in [1.29, 1.82) is 0 Å². The number of rotatable bonds is 9. The molecule has 0 unspecified atom stereocenters. The number of esters is 1. The zero-order valence-electron chi connectivity index (χ0n) is 30.6. The maximum Gasteiger partial charge on any atom is 0.325 e. The summed E-state index contributed by atoms with van der Waals surface area (Å²) in [5.41, 5.74) is 6.56. The van der Waals surface area contributed by atoms with Crippen molar-refractivity contribution in [3.8, 4) is 5.75 Å². The molecule has 8 heteroatoms. The number of amides is 1. The molecule has 1 amide bonds. The second-order valence-corrected chi connectivity index (χ2v) is 9.55. The molecule has 260 valence electrons. The van der Waals surface area contributed by atoms with Crippen LogP contribution in [-0.4, -0.2) is 38.9 Å². The van der Waals surface area contributed by atoms with Gasteiger partial charge in [-0.2, -0.15) is 0 Å². The van der Waals surface area contributed by atoms with Gasteiger partial charge in [0.2, 0.25) is 0 Å². The minimum atomic E-state index is -0.999. The van der Waals surface area contributed by atoms with Gasteiger partial charge < -0.3 is 14.8 Å². The second kappa shape index (κ2) is 24.8. The number of hydrogen-bond acceptors (Lipinski definition) is 5. The highest BCUT2D eigenvalue weighted by atomic mass is 19.1. The Morgan fingerprint density at radius 1 is 0.851 bits per heavy atom. The molecule has 3 aromatic carbocycles. The lowest BCUT2D eigenvalue weighted by atomic mass is 9.88. The van der Waals surface area contributed by atoms with E-state index in [2.05, 4.69) is 50.6 Å². The van der Waals surface area contributed by atoms with Crippen LogP contribution in [0.15, 0.2) is 54.6 Å². The standard InChI is InChI=1S/C23H28O2.C10H9F2NO3.3C2H6/c1-7-18-16(4)12-13-21(23(18)25-6)22(14-24)17(5)20-11-9-8-10-19(20)15(2)3;1-16-8(14)5-13-10(15)9-6(11)3-2-4-7(9)12;3*1-2/h8-15H,7H2,1-6H3;2-4H,5H2,1H3,(H,13,15);3*1-2H3/b22-17+;;;;. The Kier molecular flexibility index (Phi) is 23.7. The molecule has 0 aromatic heterocycles. The number of ether oxygens (including phenoxy) is 2. The van der Waals surface area contributed by atoms with Crippen LogP contribution in [0.25, 0.3) is 11.1 Å². The van der Waals surface area contributed by atoms with Crippen LogP contribution in [0, 0.1) is 18.6 Å². The number of hydrogen-bond donors (Lipinski definition) is 1. The van der Waals surface area contributed by atoms with Gasteiger partial charge in [0.25, 0.3) is 5.91 Å². The molecule has 3 aromatic rings. The minimum absolute atomic E-state index is 0.394. The molecule has 1 N–H and O–H groups in total. The van der Waals surface area contributed by atoms with Crippen LogP contribution in [0.5, 0.6) is 5.75 Å². The van der Waals surface area contributed by atoms with Crippen molar-refractivity contribution in [2.75, 3.05) is 20.8 Å². The maximum atomic E-state index is 13.1. The number of aryl methyl sites for hydroxylation is 1. The summed E-state index contributed by atoms with van der Waals surface area (Å²) in [4.78, 5) is 34.0. The van der Waals surface area contributed by atoms with E-state index in [1.807, 2.05) is 72.0 Å². The second-order valence-electron chi connectivity index (χ2n) is 9.55. The summed E-state index contributed by atoms with van der Waals surface area (Å²) in [6.07, 6.45) is 1.83. The number of methoxy groups -OCH3 is 2. The van der Waals surface area contributed by atoms with Gasteiger partial charge in [0.05, 0.1) is 14.2 Å². The van der Waals surface area contributed by atoms with Crippen molar-refractivity contribution in [1.82, 2.24) is 5.32 Å². The topological polar surface area (TPSA) is 81.7 Å². The van der Waals surface area contributed by atoms with Crippen molar-refractivity contribution in [2.45, 2.75) is 88.5 Å². The molecule has 0 fully saturated rings. The molecule has 0 saturated carbocycles. The number of benzene rings is 3. The molecule has 0 aliphatic heterocycles. The van der Waals surface area contributed by atoms with E-state index in [0.29, 0.717) is 11.5 Å². The van der Waals surface area contributed by atoms with Crippen molar-refractivity contribution in [2.24, 2.45) is 0 Å². The highest BCUT2D eigenvalue weighted by Gasteiger charge is 2.19. The minimum Gasteiger partial charge on any atom is -0.496 e. The van der Waals surface area contributed by atoms with Crippen LogP contribution in [0.4, 0.5) is 8.78 Å². The summed E-state index contributed by atoms with van der Waals surface area (Å²) in [5.74, 6) is -2.47. The third-order valence-electron chi connectivity index (χ3n) is 6.66. The number of halogens is 2. The van der Waals surface area contributed by atoms with E-state index >= 15 is 0 Å². The van der Waals surface area contributed by atoms with Crippen LogP contribution < -0.4 is 10.1 Å². The molecular weight excluding hydrogens is 600 g/mol. The molecule has 0 heterocycles. The summed E-state index contributed by atoms with van der Waals surface area (Å²) >= 11 is 0. The smallest absolute Gasteiger partial charge is 0.325 e. The first-order chi connectivity index (χ1) is 22.5. The fourth-order valence-electron chi connectivity index (χ4n) is 4.48. The average Bonchev–Trinajstić information content (AvgIpc) is 3.10. The fourth-order valence-corrected chi connectivity index (χ4v) is 4.48. The number of carbonyl (C=O) groups excluding carboxylic acids is 3. The van der Waals surface area contributed by atoms with Gasteiger partial charge in [0.1, 0.15) is 29.5 Å². The van der Waals surface area contributed by atoms with E-state index in [1.54, 1.807) is 7.11 Å². The van der Waals surface area contributed by atoms with Crippen LogP contribution in [-0.2, 0) is 20.7 Å². The normalized spacial score (nSPS) is 10.1. The van der Waals surface area contributed by atoms with Gasteiger partial charge in [-0.3, -0.25) is 14.4 Å². The molecular formula is C39H55F2NO5. The monoisotopic (exact) mass is 655 g/mol. The Bertz CT molecular complexity index is 1410. The van der Waals surface area contributed by atoms with Gasteiger partial charge >= 0.3 is 5.97 Å². The fraction of sp³-hybridized carbons (Fsp3) is 0.410. The number of aldehydes is 1. The van der Waals surface area contributed by atoms with Gasteiger partial charge in [-0.25, -0.2) is 8.78 Å². The molecule has 0 saturated heterocycles. The Labute approximate surface area is 281 Å². The van der Waals surface area contributed by atoms with E-state index in [0.717, 1.165) is 66.0 Å². The molecule has 47 heavy (non-hydrogen) atoms. The van der Waals surface area contributed by atoms with Crippen LogP contribution in [0.1, 0.15) is 113 Å². The summed E-state index contributed by atoms with van der Waals surface area (Å²) < 4.78 is 36.1. The van der Waals surface area contributed by atoms with Gasteiger partial charge in [0, 0.05) is 11.1 Å². The molecule has 3 rings (SSSR count). The third kappa shape index (κ3) is 13.1. The first-order valence-corrected chi connectivity index (χ1v) is 16.2. The Balaban J connectivity index is 0. The Morgan fingerprint density at radius 3 is 1.87 bits per heavy atom. The summed E-state index contributed by atoms with van der Waals surface area (Å²) in [5, 5.41) is 2.04. The Morgan fingerprint density at radius 2 is 1.40 bits per heavy atom. The molecule has 6 nitrogen and oxygen atoms in total. The predicted octanol–water partition coefficient (Wildman–Crippen LogP) is 9.77. The zero-order valence-corrected chi connectivity index (χ0v) is 30.6. The largest absolute Gasteiger partial charge is 0.496 e. The highest BCUT2D eigenvalue weighted by molar-refractivity contribution is 6.18. The maximum absolute atomic E-state index is 13.1. The van der Waals surface area contributed by atoms with E-state index in [4.69, 9.17) is 4.74 Å². The van der Waals surface area contributed by atoms with E-state index in [-0.39, 0.29) is 0 Å². The summed E-state index contributed by atoms with van der Waals surface area (Å²) in [6, 6.07) is 15.4. The Hall–Kier alpha value is -4.33.